The van der Waals surface area contributed by atoms with E-state index in [1.807, 2.05) is 6.92 Å². The monoisotopic (exact) mass is 181 g/mol. The predicted octanol–water partition coefficient (Wildman–Crippen LogP) is 1.73. The zero-order valence-electron chi connectivity index (χ0n) is 8.17. The van der Waals surface area contributed by atoms with Crippen molar-refractivity contribution in [1.82, 2.24) is 0 Å². The van der Waals surface area contributed by atoms with Crippen molar-refractivity contribution in [3.8, 4) is 0 Å². The van der Waals surface area contributed by atoms with E-state index in [0.717, 1.165) is 37.9 Å². The molecule has 0 atom stereocenters. The highest BCUT2D eigenvalue weighted by atomic mass is 16.5. The average molecular weight is 181 g/mol. The van der Waals surface area contributed by atoms with Gasteiger partial charge in [-0.25, -0.2) is 0 Å². The molecule has 1 aliphatic heterocycles. The molecule has 1 fully saturated rings. The molecule has 0 saturated carbocycles. The second-order valence-corrected chi connectivity index (χ2v) is 3.42. The molecule has 0 aromatic carbocycles. The zero-order valence-corrected chi connectivity index (χ0v) is 8.17. The Bertz CT molecular complexity index is 268. The van der Waals surface area contributed by atoms with Gasteiger partial charge in [0, 0.05) is 19.2 Å². The molecule has 72 valence electrons. The molecule has 2 heterocycles. The van der Waals surface area contributed by atoms with E-state index in [2.05, 4.69) is 17.9 Å². The van der Waals surface area contributed by atoms with Gasteiger partial charge in [0.05, 0.1) is 13.2 Å². The van der Waals surface area contributed by atoms with E-state index in [1.165, 1.54) is 5.56 Å². The number of ether oxygens (including phenoxy) is 1. The Kier molecular flexibility index (Phi) is 2.27. The first kappa shape index (κ1) is 8.63. The largest absolute Gasteiger partial charge is 0.446 e. The second-order valence-electron chi connectivity index (χ2n) is 3.42. The summed E-state index contributed by atoms with van der Waals surface area (Å²) in [5.74, 6) is 2.00. The van der Waals surface area contributed by atoms with Crippen molar-refractivity contribution in [2.45, 2.75) is 13.8 Å². The fourth-order valence-electron chi connectivity index (χ4n) is 1.49. The first-order valence-corrected chi connectivity index (χ1v) is 4.67. The van der Waals surface area contributed by atoms with Gasteiger partial charge in [0.1, 0.15) is 5.76 Å². The first-order valence-electron chi connectivity index (χ1n) is 4.67. The minimum absolute atomic E-state index is 0.804. The van der Waals surface area contributed by atoms with Crippen LogP contribution < -0.4 is 4.90 Å². The molecule has 0 amide bonds. The van der Waals surface area contributed by atoms with E-state index < -0.39 is 0 Å². The van der Waals surface area contributed by atoms with Crippen LogP contribution in [-0.4, -0.2) is 26.3 Å². The summed E-state index contributed by atoms with van der Waals surface area (Å²) < 4.78 is 10.9. The Balaban J connectivity index is 2.14. The van der Waals surface area contributed by atoms with Gasteiger partial charge in [0.2, 0.25) is 0 Å². The molecule has 0 aliphatic carbocycles. The lowest BCUT2D eigenvalue weighted by molar-refractivity contribution is 0.120. The summed E-state index contributed by atoms with van der Waals surface area (Å²) in [6.45, 7) is 7.55. The molecule has 3 nitrogen and oxygen atoms in total. The van der Waals surface area contributed by atoms with Crippen molar-refractivity contribution >= 4 is 5.88 Å². The molecule has 1 aliphatic rings. The molecule has 1 aromatic heterocycles. The molecule has 1 saturated heterocycles. The van der Waals surface area contributed by atoms with E-state index in [0.29, 0.717) is 0 Å². The van der Waals surface area contributed by atoms with E-state index in [1.54, 1.807) is 0 Å². The van der Waals surface area contributed by atoms with E-state index >= 15 is 0 Å². The van der Waals surface area contributed by atoms with Crippen LogP contribution in [0.5, 0.6) is 0 Å². The second kappa shape index (κ2) is 3.42. The van der Waals surface area contributed by atoms with Crippen LogP contribution in [0.3, 0.4) is 0 Å². The lowest BCUT2D eigenvalue weighted by atomic mass is 10.3. The minimum Gasteiger partial charge on any atom is -0.446 e. The van der Waals surface area contributed by atoms with Crippen molar-refractivity contribution in [3.63, 3.8) is 0 Å². The molecule has 13 heavy (non-hydrogen) atoms. The number of hydrogen-bond donors (Lipinski definition) is 0. The Labute approximate surface area is 78.3 Å². The fourth-order valence-corrected chi connectivity index (χ4v) is 1.49. The third-order valence-corrected chi connectivity index (χ3v) is 2.48. The van der Waals surface area contributed by atoms with Crippen molar-refractivity contribution in [2.75, 3.05) is 31.2 Å². The summed E-state index contributed by atoms with van der Waals surface area (Å²) in [6.07, 6.45) is 0. The normalized spacial score (nSPS) is 17.8. The third kappa shape index (κ3) is 1.70. The summed E-state index contributed by atoms with van der Waals surface area (Å²) >= 11 is 0. The van der Waals surface area contributed by atoms with Crippen molar-refractivity contribution in [3.05, 3.63) is 17.4 Å². The number of aryl methyl sites for hydroxylation is 2. The van der Waals surface area contributed by atoms with Crippen LogP contribution in [-0.2, 0) is 4.74 Å². The highest BCUT2D eigenvalue weighted by molar-refractivity contribution is 5.40. The summed E-state index contributed by atoms with van der Waals surface area (Å²) in [5, 5.41) is 0. The summed E-state index contributed by atoms with van der Waals surface area (Å²) in [4.78, 5) is 2.23. The third-order valence-electron chi connectivity index (χ3n) is 2.48. The smallest absolute Gasteiger partial charge is 0.196 e. The van der Waals surface area contributed by atoms with Crippen molar-refractivity contribution in [2.24, 2.45) is 0 Å². The zero-order chi connectivity index (χ0) is 9.26. The minimum atomic E-state index is 0.804. The van der Waals surface area contributed by atoms with Gasteiger partial charge in [0.25, 0.3) is 0 Å². The quantitative estimate of drug-likeness (QED) is 0.660. The maximum absolute atomic E-state index is 5.62. The van der Waals surface area contributed by atoms with E-state index in [9.17, 15) is 0 Å². The van der Waals surface area contributed by atoms with Gasteiger partial charge in [-0.1, -0.05) is 0 Å². The number of rotatable bonds is 1. The molecular formula is C10H15NO2. The average Bonchev–Trinajstić information content (AvgIpc) is 2.49. The SMILES string of the molecule is Cc1cc(N2CCOCC2)oc1C. The van der Waals surface area contributed by atoms with Gasteiger partial charge in [-0.15, -0.1) is 0 Å². The Morgan fingerprint density at radius 1 is 1.23 bits per heavy atom. The number of furan rings is 1. The van der Waals surface area contributed by atoms with Crippen LogP contribution >= 0.6 is 0 Å². The maximum atomic E-state index is 5.62. The van der Waals surface area contributed by atoms with Gasteiger partial charge in [0.15, 0.2) is 5.88 Å². The first-order chi connectivity index (χ1) is 6.27. The van der Waals surface area contributed by atoms with Crippen LogP contribution in [0.25, 0.3) is 0 Å². The Hall–Kier alpha value is -0.960. The van der Waals surface area contributed by atoms with Crippen molar-refractivity contribution in [1.29, 1.82) is 0 Å². The number of morpholine rings is 1. The van der Waals surface area contributed by atoms with Crippen LogP contribution in [0.2, 0.25) is 0 Å². The van der Waals surface area contributed by atoms with Crippen LogP contribution in [0.4, 0.5) is 5.88 Å². The maximum Gasteiger partial charge on any atom is 0.196 e. The highest BCUT2D eigenvalue weighted by Crippen LogP contribution is 2.22. The molecule has 2 rings (SSSR count). The van der Waals surface area contributed by atoms with Gasteiger partial charge in [-0.05, 0) is 19.4 Å². The molecule has 1 aromatic rings. The van der Waals surface area contributed by atoms with E-state index in [4.69, 9.17) is 9.15 Å². The van der Waals surface area contributed by atoms with Crippen LogP contribution in [0.15, 0.2) is 10.5 Å². The van der Waals surface area contributed by atoms with Crippen molar-refractivity contribution < 1.29 is 9.15 Å². The van der Waals surface area contributed by atoms with Crippen LogP contribution in [0.1, 0.15) is 11.3 Å². The number of hydrogen-bond acceptors (Lipinski definition) is 3. The summed E-state index contributed by atoms with van der Waals surface area (Å²) in [6, 6.07) is 2.10. The lowest BCUT2D eigenvalue weighted by Crippen LogP contribution is -2.35. The fraction of sp³-hybridized carbons (Fsp3) is 0.600. The summed E-state index contributed by atoms with van der Waals surface area (Å²) in [7, 11) is 0. The molecule has 0 spiro atoms. The lowest BCUT2D eigenvalue weighted by Gasteiger charge is -2.26. The standard InChI is InChI=1S/C10H15NO2/c1-8-7-10(13-9(8)2)11-3-5-12-6-4-11/h7H,3-6H2,1-2H3. The van der Waals surface area contributed by atoms with Crippen LogP contribution in [0, 0.1) is 13.8 Å². The molecule has 3 heteroatoms. The Morgan fingerprint density at radius 3 is 2.46 bits per heavy atom. The van der Waals surface area contributed by atoms with Gasteiger partial charge < -0.3 is 14.1 Å². The van der Waals surface area contributed by atoms with Gasteiger partial charge in [-0.2, -0.15) is 0 Å². The molecular weight excluding hydrogens is 166 g/mol. The molecule has 0 bridgehead atoms. The number of anilines is 1. The molecule has 0 radical (unpaired) electrons. The molecule has 0 N–H and O–H groups in total. The van der Waals surface area contributed by atoms with Gasteiger partial charge >= 0.3 is 0 Å². The number of nitrogens with zero attached hydrogens (tertiary/aromatic N) is 1. The highest BCUT2D eigenvalue weighted by Gasteiger charge is 2.14. The summed E-state index contributed by atoms with van der Waals surface area (Å²) in [5.41, 5.74) is 1.22. The predicted molar refractivity (Wildman–Crippen MR) is 51.2 cm³/mol. The topological polar surface area (TPSA) is 25.6 Å². The van der Waals surface area contributed by atoms with E-state index in [-0.39, 0.29) is 0 Å². The van der Waals surface area contributed by atoms with Gasteiger partial charge in [-0.3, -0.25) is 0 Å². The molecule has 0 unspecified atom stereocenters. The Morgan fingerprint density at radius 2 is 1.92 bits per heavy atom.